The Labute approximate surface area is 111 Å². The van der Waals surface area contributed by atoms with E-state index < -0.39 is 9.84 Å². The zero-order valence-electron chi connectivity index (χ0n) is 10.5. The SMILES string of the molecule is COc1ccc2c(c1OC)-c1ccccc1S2(=O)=O. The van der Waals surface area contributed by atoms with Crippen LogP contribution in [-0.2, 0) is 9.84 Å². The van der Waals surface area contributed by atoms with E-state index in [1.165, 1.54) is 14.2 Å². The first-order chi connectivity index (χ1) is 9.11. The summed E-state index contributed by atoms with van der Waals surface area (Å²) in [5, 5.41) is 0. The molecule has 0 saturated heterocycles. The average molecular weight is 276 g/mol. The Kier molecular flexibility index (Phi) is 2.53. The summed E-state index contributed by atoms with van der Waals surface area (Å²) in [7, 11) is -0.425. The highest BCUT2D eigenvalue weighted by Gasteiger charge is 2.36. The van der Waals surface area contributed by atoms with Gasteiger partial charge in [-0.2, -0.15) is 0 Å². The molecule has 1 aliphatic heterocycles. The summed E-state index contributed by atoms with van der Waals surface area (Å²) in [6.45, 7) is 0. The van der Waals surface area contributed by atoms with Gasteiger partial charge in [0.05, 0.1) is 24.0 Å². The zero-order chi connectivity index (χ0) is 13.6. The van der Waals surface area contributed by atoms with E-state index in [0.717, 1.165) is 0 Å². The number of ether oxygens (including phenoxy) is 2. The Hall–Kier alpha value is -2.01. The first-order valence-electron chi connectivity index (χ1n) is 5.70. The molecule has 2 aromatic carbocycles. The summed E-state index contributed by atoms with van der Waals surface area (Å²) in [5.74, 6) is 0.974. The lowest BCUT2D eigenvalue weighted by Gasteiger charge is -2.11. The van der Waals surface area contributed by atoms with Crippen LogP contribution in [0.25, 0.3) is 11.1 Å². The number of methoxy groups -OCH3 is 2. The second-order valence-corrected chi connectivity index (χ2v) is 6.06. The van der Waals surface area contributed by atoms with E-state index in [1.54, 1.807) is 30.3 Å². The minimum atomic E-state index is -3.46. The summed E-state index contributed by atoms with van der Waals surface area (Å²) in [4.78, 5) is 0.586. The molecule has 4 nitrogen and oxygen atoms in total. The van der Waals surface area contributed by atoms with Crippen LogP contribution in [0.5, 0.6) is 11.5 Å². The molecule has 0 bridgehead atoms. The van der Waals surface area contributed by atoms with Gasteiger partial charge in [-0.3, -0.25) is 0 Å². The van der Waals surface area contributed by atoms with E-state index >= 15 is 0 Å². The maximum Gasteiger partial charge on any atom is 0.207 e. The Balaban J connectivity index is 2.47. The maximum absolute atomic E-state index is 12.4. The molecular weight excluding hydrogens is 264 g/mol. The smallest absolute Gasteiger partial charge is 0.207 e. The fourth-order valence-corrected chi connectivity index (χ4v) is 4.09. The lowest BCUT2D eigenvalue weighted by Crippen LogP contribution is -1.98. The number of rotatable bonds is 2. The van der Waals surface area contributed by atoms with Crippen molar-refractivity contribution in [2.24, 2.45) is 0 Å². The van der Waals surface area contributed by atoms with Gasteiger partial charge >= 0.3 is 0 Å². The van der Waals surface area contributed by atoms with Crippen molar-refractivity contribution in [3.8, 4) is 22.6 Å². The zero-order valence-corrected chi connectivity index (χ0v) is 11.3. The molecular formula is C14H12O4S. The third-order valence-corrected chi connectivity index (χ3v) is 5.10. The third kappa shape index (κ3) is 1.48. The maximum atomic E-state index is 12.4. The molecule has 2 aromatic rings. The lowest BCUT2D eigenvalue weighted by molar-refractivity contribution is 0.355. The van der Waals surface area contributed by atoms with E-state index in [9.17, 15) is 8.42 Å². The molecule has 0 spiro atoms. The Morgan fingerprint density at radius 1 is 0.895 bits per heavy atom. The Morgan fingerprint density at radius 2 is 1.63 bits per heavy atom. The molecule has 0 amide bonds. The topological polar surface area (TPSA) is 52.6 Å². The van der Waals surface area contributed by atoms with Crippen LogP contribution >= 0.6 is 0 Å². The highest BCUT2D eigenvalue weighted by atomic mass is 32.2. The highest BCUT2D eigenvalue weighted by molar-refractivity contribution is 7.92. The molecule has 0 saturated carbocycles. The van der Waals surface area contributed by atoms with Crippen molar-refractivity contribution in [2.75, 3.05) is 14.2 Å². The fourth-order valence-electron chi connectivity index (χ4n) is 2.41. The van der Waals surface area contributed by atoms with E-state index in [-0.39, 0.29) is 4.90 Å². The normalized spacial score (nSPS) is 14.6. The van der Waals surface area contributed by atoms with Gasteiger partial charge in [0, 0.05) is 11.1 Å². The van der Waals surface area contributed by atoms with Crippen molar-refractivity contribution < 1.29 is 17.9 Å². The van der Waals surface area contributed by atoms with Crippen molar-refractivity contribution in [3.05, 3.63) is 36.4 Å². The first kappa shape index (κ1) is 12.0. The highest BCUT2D eigenvalue weighted by Crippen LogP contribution is 2.50. The first-order valence-corrected chi connectivity index (χ1v) is 7.19. The Morgan fingerprint density at radius 3 is 2.32 bits per heavy atom. The second kappa shape index (κ2) is 3.99. The lowest BCUT2D eigenvalue weighted by atomic mass is 10.0. The molecule has 0 fully saturated rings. The molecule has 0 aromatic heterocycles. The molecule has 1 aliphatic rings. The summed E-state index contributed by atoms with van der Waals surface area (Å²) in [5.41, 5.74) is 1.24. The van der Waals surface area contributed by atoms with Crippen LogP contribution in [0.4, 0.5) is 0 Å². The van der Waals surface area contributed by atoms with Crippen molar-refractivity contribution in [1.29, 1.82) is 0 Å². The van der Waals surface area contributed by atoms with E-state index in [0.29, 0.717) is 27.5 Å². The summed E-state index contributed by atoms with van der Waals surface area (Å²) in [6, 6.07) is 10.1. The molecule has 0 atom stereocenters. The predicted molar refractivity (Wildman–Crippen MR) is 70.4 cm³/mol. The fraction of sp³-hybridized carbons (Fsp3) is 0.143. The number of hydrogen-bond donors (Lipinski definition) is 0. The van der Waals surface area contributed by atoms with Gasteiger partial charge in [0.1, 0.15) is 0 Å². The van der Waals surface area contributed by atoms with Crippen LogP contribution in [0.15, 0.2) is 46.2 Å². The van der Waals surface area contributed by atoms with Gasteiger partial charge < -0.3 is 9.47 Å². The van der Waals surface area contributed by atoms with Gasteiger partial charge in [-0.1, -0.05) is 18.2 Å². The van der Waals surface area contributed by atoms with Crippen molar-refractivity contribution in [1.82, 2.24) is 0 Å². The van der Waals surface area contributed by atoms with Crippen molar-refractivity contribution >= 4 is 9.84 Å². The Bertz CT molecular complexity index is 763. The summed E-state index contributed by atoms with van der Waals surface area (Å²) >= 11 is 0. The summed E-state index contributed by atoms with van der Waals surface area (Å²) < 4.78 is 35.5. The minimum Gasteiger partial charge on any atom is -0.493 e. The monoisotopic (exact) mass is 276 g/mol. The van der Waals surface area contributed by atoms with Gasteiger partial charge in [0.25, 0.3) is 0 Å². The van der Waals surface area contributed by atoms with Crippen LogP contribution in [0, 0.1) is 0 Å². The quantitative estimate of drug-likeness (QED) is 0.721. The molecule has 0 N–H and O–H groups in total. The molecule has 19 heavy (non-hydrogen) atoms. The molecule has 5 heteroatoms. The number of fused-ring (bicyclic) bond motifs is 3. The molecule has 0 radical (unpaired) electrons. The average Bonchev–Trinajstić information content (AvgIpc) is 2.67. The van der Waals surface area contributed by atoms with Crippen molar-refractivity contribution in [2.45, 2.75) is 9.79 Å². The third-order valence-electron chi connectivity index (χ3n) is 3.24. The standard InChI is InChI=1S/C14H12O4S/c1-17-10-7-8-12-13(14(10)18-2)9-5-3-4-6-11(9)19(12,15)16/h3-8H,1-2H3. The van der Waals surface area contributed by atoms with Gasteiger partial charge in [-0.25, -0.2) is 8.42 Å². The number of hydrogen-bond acceptors (Lipinski definition) is 4. The van der Waals surface area contributed by atoms with Gasteiger partial charge in [-0.05, 0) is 18.2 Å². The van der Waals surface area contributed by atoms with E-state index in [2.05, 4.69) is 0 Å². The van der Waals surface area contributed by atoms with E-state index in [1.807, 2.05) is 6.07 Å². The predicted octanol–water partition coefficient (Wildman–Crippen LogP) is 2.52. The summed E-state index contributed by atoms with van der Waals surface area (Å²) in [6.07, 6.45) is 0. The minimum absolute atomic E-state index is 0.270. The molecule has 0 unspecified atom stereocenters. The van der Waals surface area contributed by atoms with Gasteiger partial charge in [0.15, 0.2) is 11.5 Å². The molecule has 0 aliphatic carbocycles. The van der Waals surface area contributed by atoms with Crippen LogP contribution in [0.3, 0.4) is 0 Å². The van der Waals surface area contributed by atoms with Crippen LogP contribution in [-0.4, -0.2) is 22.6 Å². The molecule has 98 valence electrons. The van der Waals surface area contributed by atoms with Crippen LogP contribution < -0.4 is 9.47 Å². The van der Waals surface area contributed by atoms with Crippen LogP contribution in [0.1, 0.15) is 0 Å². The largest absolute Gasteiger partial charge is 0.493 e. The number of benzene rings is 2. The van der Waals surface area contributed by atoms with Crippen molar-refractivity contribution in [3.63, 3.8) is 0 Å². The van der Waals surface area contributed by atoms with Gasteiger partial charge in [0.2, 0.25) is 9.84 Å². The molecule has 1 heterocycles. The molecule has 3 rings (SSSR count). The van der Waals surface area contributed by atoms with Gasteiger partial charge in [-0.15, -0.1) is 0 Å². The second-order valence-electron chi connectivity index (χ2n) is 4.17. The van der Waals surface area contributed by atoms with Crippen LogP contribution in [0.2, 0.25) is 0 Å². The van der Waals surface area contributed by atoms with E-state index in [4.69, 9.17) is 9.47 Å². The number of sulfone groups is 1.